The summed E-state index contributed by atoms with van der Waals surface area (Å²) in [4.78, 5) is 0. The van der Waals surface area contributed by atoms with Crippen molar-refractivity contribution >= 4 is 0 Å². The Balaban J connectivity index is 2.20. The maximum absolute atomic E-state index is 13.9. The molecular weight excluding hydrogens is 229 g/mol. The molecule has 100 valence electrons. The molecule has 1 aromatic carbocycles. The van der Waals surface area contributed by atoms with E-state index in [2.05, 4.69) is 5.32 Å². The number of aryl methyl sites for hydroxylation is 1. The van der Waals surface area contributed by atoms with Crippen molar-refractivity contribution in [2.24, 2.45) is 0 Å². The predicted molar refractivity (Wildman–Crippen MR) is 71.1 cm³/mol. The van der Waals surface area contributed by atoms with Crippen LogP contribution in [0.3, 0.4) is 0 Å². The number of hydrogen-bond acceptors (Lipinski definition) is 2. The molecule has 0 radical (unpaired) electrons. The van der Waals surface area contributed by atoms with Crippen molar-refractivity contribution in [3.8, 4) is 0 Å². The SMILES string of the molecule is CNC(CC1(OC)CCC1)c1cc(C)ccc1F. The van der Waals surface area contributed by atoms with E-state index in [0.717, 1.165) is 30.4 Å². The summed E-state index contributed by atoms with van der Waals surface area (Å²) in [6.45, 7) is 1.99. The molecule has 1 aliphatic carbocycles. The van der Waals surface area contributed by atoms with Gasteiger partial charge in [0.15, 0.2) is 0 Å². The topological polar surface area (TPSA) is 21.3 Å². The average Bonchev–Trinajstić information content (AvgIpc) is 2.32. The van der Waals surface area contributed by atoms with E-state index in [9.17, 15) is 4.39 Å². The van der Waals surface area contributed by atoms with E-state index in [0.29, 0.717) is 0 Å². The Morgan fingerprint density at radius 2 is 2.17 bits per heavy atom. The second kappa shape index (κ2) is 5.37. The minimum atomic E-state index is -0.134. The van der Waals surface area contributed by atoms with Gasteiger partial charge in [-0.15, -0.1) is 0 Å². The minimum absolute atomic E-state index is 0.0187. The minimum Gasteiger partial charge on any atom is -0.378 e. The van der Waals surface area contributed by atoms with E-state index >= 15 is 0 Å². The molecule has 1 fully saturated rings. The Labute approximate surface area is 109 Å². The van der Waals surface area contributed by atoms with Gasteiger partial charge in [-0.1, -0.05) is 17.7 Å². The lowest BCUT2D eigenvalue weighted by Crippen LogP contribution is -2.42. The van der Waals surface area contributed by atoms with Gasteiger partial charge in [0.05, 0.1) is 5.60 Å². The van der Waals surface area contributed by atoms with Gasteiger partial charge in [-0.2, -0.15) is 0 Å². The van der Waals surface area contributed by atoms with Gasteiger partial charge in [-0.3, -0.25) is 0 Å². The molecule has 2 rings (SSSR count). The highest BCUT2D eigenvalue weighted by atomic mass is 19.1. The first-order valence-corrected chi connectivity index (χ1v) is 6.59. The number of halogens is 1. The lowest BCUT2D eigenvalue weighted by atomic mass is 9.74. The van der Waals surface area contributed by atoms with Crippen LogP contribution in [-0.4, -0.2) is 19.8 Å². The Morgan fingerprint density at radius 3 is 2.67 bits per heavy atom. The van der Waals surface area contributed by atoms with E-state index in [4.69, 9.17) is 4.74 Å². The summed E-state index contributed by atoms with van der Waals surface area (Å²) in [6.07, 6.45) is 4.20. The first-order chi connectivity index (χ1) is 8.60. The highest BCUT2D eigenvalue weighted by Gasteiger charge is 2.39. The number of nitrogens with one attached hydrogen (secondary N) is 1. The molecule has 18 heavy (non-hydrogen) atoms. The lowest BCUT2D eigenvalue weighted by molar-refractivity contribution is -0.0836. The molecule has 1 saturated carbocycles. The van der Waals surface area contributed by atoms with E-state index in [1.807, 2.05) is 20.0 Å². The molecule has 1 aliphatic rings. The number of rotatable bonds is 5. The normalized spacial score (nSPS) is 19.3. The number of ether oxygens (including phenoxy) is 1. The van der Waals surface area contributed by atoms with Gasteiger partial charge in [-0.25, -0.2) is 4.39 Å². The van der Waals surface area contributed by atoms with Crippen LogP contribution in [0.5, 0.6) is 0 Å². The monoisotopic (exact) mass is 251 g/mol. The third-order valence-corrected chi connectivity index (χ3v) is 4.15. The Morgan fingerprint density at radius 1 is 1.44 bits per heavy atom. The number of benzene rings is 1. The van der Waals surface area contributed by atoms with Crippen LogP contribution in [0, 0.1) is 12.7 Å². The lowest BCUT2D eigenvalue weighted by Gasteiger charge is -2.43. The smallest absolute Gasteiger partial charge is 0.127 e. The van der Waals surface area contributed by atoms with Crippen LogP contribution in [-0.2, 0) is 4.74 Å². The zero-order valence-corrected chi connectivity index (χ0v) is 11.4. The van der Waals surface area contributed by atoms with Crippen molar-refractivity contribution in [1.82, 2.24) is 5.32 Å². The van der Waals surface area contributed by atoms with Crippen molar-refractivity contribution in [3.05, 3.63) is 35.1 Å². The Kier molecular flexibility index (Phi) is 4.03. The summed E-state index contributed by atoms with van der Waals surface area (Å²) in [5.41, 5.74) is 1.79. The molecule has 0 aromatic heterocycles. The molecule has 0 aliphatic heterocycles. The van der Waals surface area contributed by atoms with E-state index in [-0.39, 0.29) is 17.5 Å². The maximum atomic E-state index is 13.9. The summed E-state index contributed by atoms with van der Waals surface area (Å²) >= 11 is 0. The van der Waals surface area contributed by atoms with Crippen LogP contribution in [0.25, 0.3) is 0 Å². The summed E-state index contributed by atoms with van der Waals surface area (Å²) in [5.74, 6) is -0.134. The van der Waals surface area contributed by atoms with Gasteiger partial charge in [0, 0.05) is 18.7 Å². The standard InChI is InChI=1S/C15H22FNO/c1-11-5-6-13(16)12(9-11)14(17-2)10-15(18-3)7-4-8-15/h5-6,9,14,17H,4,7-8,10H2,1-3H3. The van der Waals surface area contributed by atoms with Gasteiger partial charge >= 0.3 is 0 Å². The molecular formula is C15H22FNO. The molecule has 3 heteroatoms. The fourth-order valence-corrected chi connectivity index (χ4v) is 2.73. The van der Waals surface area contributed by atoms with E-state index in [1.54, 1.807) is 19.2 Å². The van der Waals surface area contributed by atoms with Crippen molar-refractivity contribution in [1.29, 1.82) is 0 Å². The molecule has 1 N–H and O–H groups in total. The number of hydrogen-bond donors (Lipinski definition) is 1. The first kappa shape index (κ1) is 13.5. The van der Waals surface area contributed by atoms with Crippen LogP contribution in [0.15, 0.2) is 18.2 Å². The molecule has 0 spiro atoms. The van der Waals surface area contributed by atoms with Crippen molar-refractivity contribution in [2.45, 2.75) is 44.2 Å². The van der Waals surface area contributed by atoms with Gasteiger partial charge in [0.1, 0.15) is 5.82 Å². The molecule has 0 bridgehead atoms. The quantitative estimate of drug-likeness (QED) is 0.866. The molecule has 0 saturated heterocycles. The average molecular weight is 251 g/mol. The Bertz CT molecular complexity index is 409. The molecule has 0 heterocycles. The fourth-order valence-electron chi connectivity index (χ4n) is 2.73. The van der Waals surface area contributed by atoms with Gasteiger partial charge in [-0.05, 0) is 45.7 Å². The second-order valence-electron chi connectivity index (χ2n) is 5.31. The highest BCUT2D eigenvalue weighted by molar-refractivity contribution is 5.27. The van der Waals surface area contributed by atoms with Gasteiger partial charge in [0.2, 0.25) is 0 Å². The maximum Gasteiger partial charge on any atom is 0.127 e. The van der Waals surface area contributed by atoms with Crippen LogP contribution in [0.1, 0.15) is 42.9 Å². The van der Waals surface area contributed by atoms with Crippen molar-refractivity contribution in [3.63, 3.8) is 0 Å². The Hall–Kier alpha value is -0.930. The summed E-state index contributed by atoms with van der Waals surface area (Å²) < 4.78 is 19.6. The molecule has 1 unspecified atom stereocenters. The van der Waals surface area contributed by atoms with E-state index < -0.39 is 0 Å². The highest BCUT2D eigenvalue weighted by Crippen LogP contribution is 2.42. The third kappa shape index (κ3) is 2.57. The molecule has 2 nitrogen and oxygen atoms in total. The first-order valence-electron chi connectivity index (χ1n) is 6.59. The van der Waals surface area contributed by atoms with Crippen molar-refractivity contribution < 1.29 is 9.13 Å². The third-order valence-electron chi connectivity index (χ3n) is 4.15. The molecule has 0 amide bonds. The summed E-state index contributed by atoms with van der Waals surface area (Å²) in [5, 5.41) is 3.22. The second-order valence-corrected chi connectivity index (χ2v) is 5.31. The van der Waals surface area contributed by atoms with Gasteiger partial charge in [0.25, 0.3) is 0 Å². The summed E-state index contributed by atoms with van der Waals surface area (Å²) in [7, 11) is 3.65. The largest absolute Gasteiger partial charge is 0.378 e. The predicted octanol–water partition coefficient (Wildman–Crippen LogP) is 3.35. The van der Waals surface area contributed by atoms with Crippen molar-refractivity contribution in [2.75, 3.05) is 14.2 Å². The fraction of sp³-hybridized carbons (Fsp3) is 0.600. The van der Waals surface area contributed by atoms with Crippen LogP contribution < -0.4 is 5.32 Å². The number of methoxy groups -OCH3 is 1. The molecule has 1 atom stereocenters. The van der Waals surface area contributed by atoms with Gasteiger partial charge < -0.3 is 10.1 Å². The zero-order valence-electron chi connectivity index (χ0n) is 11.4. The zero-order chi connectivity index (χ0) is 13.2. The van der Waals surface area contributed by atoms with E-state index in [1.165, 1.54) is 6.42 Å². The van der Waals surface area contributed by atoms with Crippen LogP contribution >= 0.6 is 0 Å². The summed E-state index contributed by atoms with van der Waals surface area (Å²) in [6, 6.07) is 5.31. The van der Waals surface area contributed by atoms with Crippen LogP contribution in [0.2, 0.25) is 0 Å². The molecule has 1 aromatic rings. The van der Waals surface area contributed by atoms with Crippen LogP contribution in [0.4, 0.5) is 4.39 Å².